The standard InChI is InChI=1S/C48H36N2O2/c1-29-13-5-9-17-35(29)49(36-18-10-6-14-30(36)2)39-23-27-41-45-33(39)21-25-43-47(45)48-44(51-41)26-22-34-40(24-28-42(52-43)46(34)48)50(37-19-11-7-15-31(37)3)38-20-12-8-16-32(38)4/h5-28H,1-4H3. The summed E-state index contributed by atoms with van der Waals surface area (Å²) < 4.78 is 13.7. The Morgan fingerprint density at radius 1 is 0.308 bits per heavy atom. The highest BCUT2D eigenvalue weighted by Gasteiger charge is 2.29. The summed E-state index contributed by atoms with van der Waals surface area (Å²) in [5, 5.41) is 4.34. The van der Waals surface area contributed by atoms with Gasteiger partial charge in [-0.25, -0.2) is 0 Å². The minimum absolute atomic E-state index is 0.835. The van der Waals surface area contributed by atoms with Crippen molar-refractivity contribution in [3.8, 4) is 11.1 Å². The summed E-state index contributed by atoms with van der Waals surface area (Å²) in [6.07, 6.45) is 0. The van der Waals surface area contributed by atoms with Crippen LogP contribution in [0.5, 0.6) is 0 Å². The molecule has 0 atom stereocenters. The van der Waals surface area contributed by atoms with Gasteiger partial charge < -0.3 is 18.6 Å². The highest BCUT2D eigenvalue weighted by Crippen LogP contribution is 2.53. The first kappa shape index (κ1) is 30.3. The molecular formula is C48H36N2O2. The Bertz CT molecular complexity index is 2640. The van der Waals surface area contributed by atoms with Crippen molar-refractivity contribution in [2.45, 2.75) is 27.7 Å². The Morgan fingerprint density at radius 3 is 0.942 bits per heavy atom. The number of benzene rings is 8. The minimum atomic E-state index is 0.835. The second-order valence-electron chi connectivity index (χ2n) is 13.9. The average Bonchev–Trinajstić information content (AvgIpc) is 3.16. The number of aryl methyl sites for hydroxylation is 4. The SMILES string of the molecule is Cc1ccccc1N(c1ccccc1C)c1ccc2oc3ccc4c(N(c5ccccc5C)c5ccccc5C)ccc5oc6ccc1c2c6-c3c54. The van der Waals surface area contributed by atoms with E-state index in [1.165, 1.54) is 22.3 Å². The van der Waals surface area contributed by atoms with E-state index in [2.05, 4.69) is 183 Å². The Kier molecular flexibility index (Phi) is 6.71. The lowest BCUT2D eigenvalue weighted by Gasteiger charge is -2.31. The van der Waals surface area contributed by atoms with E-state index in [0.29, 0.717) is 0 Å². The molecule has 0 aromatic heterocycles. The minimum Gasteiger partial charge on any atom is -0.456 e. The van der Waals surface area contributed by atoms with E-state index in [0.717, 1.165) is 89.1 Å². The summed E-state index contributed by atoms with van der Waals surface area (Å²) in [5.74, 6) is 0. The Balaban J connectivity index is 1.27. The fourth-order valence-electron chi connectivity index (χ4n) is 8.26. The number of anilines is 6. The van der Waals surface area contributed by atoms with Gasteiger partial charge >= 0.3 is 0 Å². The number of rotatable bonds is 6. The summed E-state index contributed by atoms with van der Waals surface area (Å²) in [4.78, 5) is 4.79. The molecule has 4 nitrogen and oxygen atoms in total. The van der Waals surface area contributed by atoms with Crippen LogP contribution in [0.3, 0.4) is 0 Å². The van der Waals surface area contributed by atoms with Crippen LogP contribution in [-0.2, 0) is 0 Å². The summed E-state index contributed by atoms with van der Waals surface area (Å²) in [6.45, 7) is 8.71. The fraction of sp³-hybridized carbons (Fsp3) is 0.0833. The third-order valence-electron chi connectivity index (χ3n) is 10.8. The summed E-state index contributed by atoms with van der Waals surface area (Å²) in [5.41, 5.74) is 17.1. The summed E-state index contributed by atoms with van der Waals surface area (Å²) in [7, 11) is 0. The van der Waals surface area contributed by atoms with Crippen LogP contribution in [-0.4, -0.2) is 0 Å². The van der Waals surface area contributed by atoms with Gasteiger partial charge in [-0.3, -0.25) is 0 Å². The van der Waals surface area contributed by atoms with E-state index in [-0.39, 0.29) is 0 Å². The number of hydrogen-bond donors (Lipinski definition) is 0. The lowest BCUT2D eigenvalue weighted by atomic mass is 9.89. The van der Waals surface area contributed by atoms with Gasteiger partial charge in [-0.05, 0) is 123 Å². The van der Waals surface area contributed by atoms with Crippen LogP contribution in [0.15, 0.2) is 154 Å². The molecule has 2 aliphatic rings. The molecule has 2 aliphatic heterocycles. The molecule has 0 bridgehead atoms. The highest BCUT2D eigenvalue weighted by molar-refractivity contribution is 6.26. The molecule has 2 heterocycles. The maximum Gasteiger partial charge on any atom is 0.136 e. The van der Waals surface area contributed by atoms with Crippen molar-refractivity contribution in [3.05, 3.63) is 168 Å². The smallest absolute Gasteiger partial charge is 0.136 e. The number of hydrogen-bond acceptors (Lipinski definition) is 4. The summed E-state index contributed by atoms with van der Waals surface area (Å²) in [6, 6.07) is 51.7. The van der Waals surface area contributed by atoms with Crippen molar-refractivity contribution < 1.29 is 8.83 Å². The Morgan fingerprint density at radius 2 is 0.615 bits per heavy atom. The largest absolute Gasteiger partial charge is 0.456 e. The maximum absolute atomic E-state index is 6.85. The molecule has 0 spiro atoms. The van der Waals surface area contributed by atoms with Crippen LogP contribution >= 0.6 is 0 Å². The molecular weight excluding hydrogens is 637 g/mol. The van der Waals surface area contributed by atoms with Gasteiger partial charge in [-0.1, -0.05) is 72.8 Å². The first-order valence-corrected chi connectivity index (χ1v) is 17.9. The lowest BCUT2D eigenvalue weighted by molar-refractivity contribution is 0.646. The molecule has 250 valence electrons. The van der Waals surface area contributed by atoms with Crippen molar-refractivity contribution in [2.24, 2.45) is 0 Å². The predicted octanol–water partition coefficient (Wildman–Crippen LogP) is 14.2. The molecule has 52 heavy (non-hydrogen) atoms. The second-order valence-corrected chi connectivity index (χ2v) is 13.9. The number of para-hydroxylation sites is 4. The molecule has 0 radical (unpaired) electrons. The van der Waals surface area contributed by atoms with Gasteiger partial charge in [-0.15, -0.1) is 0 Å². The van der Waals surface area contributed by atoms with Gasteiger partial charge in [0.25, 0.3) is 0 Å². The average molecular weight is 673 g/mol. The van der Waals surface area contributed by atoms with Gasteiger partial charge in [-0.2, -0.15) is 0 Å². The topological polar surface area (TPSA) is 32.8 Å². The molecule has 10 rings (SSSR count). The van der Waals surface area contributed by atoms with Gasteiger partial charge in [0.05, 0.1) is 11.4 Å². The van der Waals surface area contributed by atoms with Crippen LogP contribution in [0.4, 0.5) is 34.1 Å². The Hall–Kier alpha value is -6.52. The van der Waals surface area contributed by atoms with E-state index >= 15 is 0 Å². The third-order valence-corrected chi connectivity index (χ3v) is 10.8. The molecule has 0 saturated heterocycles. The van der Waals surface area contributed by atoms with Crippen molar-refractivity contribution in [2.75, 3.05) is 9.80 Å². The quantitative estimate of drug-likeness (QED) is 0.130. The van der Waals surface area contributed by atoms with E-state index in [1.54, 1.807) is 0 Å². The zero-order valence-electron chi connectivity index (χ0n) is 29.6. The molecule has 4 heteroatoms. The van der Waals surface area contributed by atoms with E-state index in [4.69, 9.17) is 8.83 Å². The van der Waals surface area contributed by atoms with Crippen LogP contribution in [0.2, 0.25) is 0 Å². The zero-order chi connectivity index (χ0) is 35.1. The first-order valence-electron chi connectivity index (χ1n) is 17.9. The Labute approximate surface area is 302 Å². The van der Waals surface area contributed by atoms with Crippen molar-refractivity contribution >= 4 is 78.0 Å². The predicted molar refractivity (Wildman–Crippen MR) is 217 cm³/mol. The molecule has 0 unspecified atom stereocenters. The van der Waals surface area contributed by atoms with E-state index in [9.17, 15) is 0 Å². The van der Waals surface area contributed by atoms with E-state index in [1.807, 2.05) is 0 Å². The fourth-order valence-corrected chi connectivity index (χ4v) is 8.26. The molecule has 0 N–H and O–H groups in total. The van der Waals surface area contributed by atoms with Gasteiger partial charge in [0.15, 0.2) is 0 Å². The molecule has 0 saturated carbocycles. The van der Waals surface area contributed by atoms with Crippen LogP contribution in [0.1, 0.15) is 22.3 Å². The molecule has 8 aromatic rings. The van der Waals surface area contributed by atoms with Crippen molar-refractivity contribution in [1.29, 1.82) is 0 Å². The van der Waals surface area contributed by atoms with Crippen molar-refractivity contribution in [3.63, 3.8) is 0 Å². The highest BCUT2D eigenvalue weighted by atomic mass is 16.3. The monoisotopic (exact) mass is 672 g/mol. The van der Waals surface area contributed by atoms with Crippen molar-refractivity contribution in [1.82, 2.24) is 0 Å². The molecule has 8 aromatic carbocycles. The third kappa shape index (κ3) is 4.40. The normalized spacial score (nSPS) is 11.8. The van der Waals surface area contributed by atoms with Crippen LogP contribution in [0, 0.1) is 27.7 Å². The van der Waals surface area contributed by atoms with E-state index < -0.39 is 0 Å². The first-order chi connectivity index (χ1) is 25.5. The maximum atomic E-state index is 6.85. The molecule has 0 aliphatic carbocycles. The van der Waals surface area contributed by atoms with Gasteiger partial charge in [0.1, 0.15) is 22.3 Å². The van der Waals surface area contributed by atoms with Crippen LogP contribution in [0.25, 0.3) is 55.0 Å². The zero-order valence-corrected chi connectivity index (χ0v) is 29.6. The summed E-state index contributed by atoms with van der Waals surface area (Å²) >= 11 is 0. The second kappa shape index (κ2) is 11.5. The van der Waals surface area contributed by atoms with Crippen LogP contribution < -0.4 is 9.80 Å². The lowest BCUT2D eigenvalue weighted by Crippen LogP contribution is -2.13. The van der Waals surface area contributed by atoms with Gasteiger partial charge in [0, 0.05) is 55.4 Å². The molecule has 0 fully saturated rings. The van der Waals surface area contributed by atoms with Gasteiger partial charge in [0.2, 0.25) is 0 Å². The number of nitrogens with zero attached hydrogens (tertiary/aromatic N) is 2. The molecule has 0 amide bonds.